The molecule has 5 heteroatoms. The Morgan fingerprint density at radius 1 is 1.40 bits per heavy atom. The highest BCUT2D eigenvalue weighted by Gasteiger charge is 1.98. The van der Waals surface area contributed by atoms with Gasteiger partial charge in [0.25, 0.3) is 0 Å². The molecule has 0 saturated heterocycles. The maximum atomic E-state index is 13.0. The third-order valence-electron chi connectivity index (χ3n) is 1.71. The maximum absolute atomic E-state index is 13.0. The molecular formula is C10H9F2N3. The molecule has 78 valence electrons. The van der Waals surface area contributed by atoms with Gasteiger partial charge in [-0.1, -0.05) is 17.3 Å². The summed E-state index contributed by atoms with van der Waals surface area (Å²) in [6, 6.07) is 3.24. The van der Waals surface area contributed by atoms with E-state index in [1.165, 1.54) is 6.08 Å². The van der Waals surface area contributed by atoms with E-state index in [0.717, 1.165) is 18.2 Å². The highest BCUT2D eigenvalue weighted by molar-refractivity contribution is 5.49. The molecule has 0 aliphatic heterocycles. The van der Waals surface area contributed by atoms with Crippen molar-refractivity contribution in [2.45, 2.75) is 6.42 Å². The lowest BCUT2D eigenvalue weighted by molar-refractivity contribution is 0.598. The van der Waals surface area contributed by atoms with Crippen LogP contribution in [-0.2, 0) is 0 Å². The molecule has 0 spiro atoms. The third-order valence-corrected chi connectivity index (χ3v) is 1.71. The summed E-state index contributed by atoms with van der Waals surface area (Å²) < 4.78 is 25.8. The van der Waals surface area contributed by atoms with Crippen molar-refractivity contribution in [1.29, 1.82) is 0 Å². The van der Waals surface area contributed by atoms with E-state index < -0.39 is 11.6 Å². The van der Waals surface area contributed by atoms with E-state index in [9.17, 15) is 8.78 Å². The van der Waals surface area contributed by atoms with Crippen LogP contribution in [0.25, 0.3) is 16.5 Å². The summed E-state index contributed by atoms with van der Waals surface area (Å²) in [6.45, 7) is 0.309. The third kappa shape index (κ3) is 3.79. The van der Waals surface area contributed by atoms with Gasteiger partial charge in [-0.25, -0.2) is 8.78 Å². The molecule has 0 N–H and O–H groups in total. The molecule has 1 aromatic rings. The molecule has 3 nitrogen and oxygen atoms in total. The summed E-state index contributed by atoms with van der Waals surface area (Å²) in [4.78, 5) is 2.57. The molecule has 0 radical (unpaired) electrons. The molecule has 0 aliphatic carbocycles. The van der Waals surface area contributed by atoms with Crippen LogP contribution in [0.3, 0.4) is 0 Å². The predicted octanol–water partition coefficient (Wildman–Crippen LogP) is 3.68. The smallest absolute Gasteiger partial charge is 0.130 e. The fraction of sp³-hybridized carbons (Fsp3) is 0.200. The van der Waals surface area contributed by atoms with E-state index in [0.29, 0.717) is 13.0 Å². The van der Waals surface area contributed by atoms with Crippen LogP contribution in [0.15, 0.2) is 29.4 Å². The van der Waals surface area contributed by atoms with Gasteiger partial charge in [-0.3, -0.25) is 0 Å². The molecule has 1 rings (SSSR count). The van der Waals surface area contributed by atoms with Gasteiger partial charge in [0.15, 0.2) is 0 Å². The van der Waals surface area contributed by atoms with Crippen molar-refractivity contribution in [2.24, 2.45) is 5.11 Å². The first kappa shape index (κ1) is 11.2. The summed E-state index contributed by atoms with van der Waals surface area (Å²) in [5.74, 6) is -0.956. The molecule has 0 saturated carbocycles. The van der Waals surface area contributed by atoms with Crippen LogP contribution >= 0.6 is 0 Å². The summed E-state index contributed by atoms with van der Waals surface area (Å²) in [7, 11) is 0. The molecule has 1 aromatic carbocycles. The number of hydrogen-bond donors (Lipinski definition) is 0. The Balaban J connectivity index is 2.63. The van der Waals surface area contributed by atoms with Crippen molar-refractivity contribution < 1.29 is 8.78 Å². The summed E-state index contributed by atoms with van der Waals surface area (Å²) in [5, 5.41) is 3.30. The first-order chi connectivity index (χ1) is 7.24. The Hall–Kier alpha value is -1.87. The van der Waals surface area contributed by atoms with Gasteiger partial charge in [0, 0.05) is 17.0 Å². The Labute approximate surface area is 85.7 Å². The van der Waals surface area contributed by atoms with Crippen LogP contribution in [0.5, 0.6) is 0 Å². The number of nitrogens with zero attached hydrogens (tertiary/aromatic N) is 3. The molecule has 0 atom stereocenters. The number of hydrogen-bond acceptors (Lipinski definition) is 1. The Kier molecular flexibility index (Phi) is 4.31. The number of rotatable bonds is 4. The van der Waals surface area contributed by atoms with E-state index in [2.05, 4.69) is 10.0 Å². The molecule has 15 heavy (non-hydrogen) atoms. The van der Waals surface area contributed by atoms with Crippen molar-refractivity contribution in [3.63, 3.8) is 0 Å². The van der Waals surface area contributed by atoms with Gasteiger partial charge < -0.3 is 0 Å². The zero-order chi connectivity index (χ0) is 11.1. The molecule has 0 aliphatic rings. The first-order valence-electron chi connectivity index (χ1n) is 4.36. The van der Waals surface area contributed by atoms with Crippen LogP contribution in [0.4, 0.5) is 8.78 Å². The average Bonchev–Trinajstić information content (AvgIpc) is 2.23. The van der Waals surface area contributed by atoms with E-state index in [-0.39, 0.29) is 5.56 Å². The van der Waals surface area contributed by atoms with E-state index in [1.807, 2.05) is 0 Å². The predicted molar refractivity (Wildman–Crippen MR) is 54.0 cm³/mol. The monoisotopic (exact) mass is 209 g/mol. The van der Waals surface area contributed by atoms with Crippen LogP contribution in [0, 0.1) is 11.6 Å². The van der Waals surface area contributed by atoms with E-state index in [1.54, 1.807) is 6.08 Å². The fourth-order valence-electron chi connectivity index (χ4n) is 1.03. The lowest BCUT2D eigenvalue weighted by atomic mass is 10.2. The SMILES string of the molecule is [N-]=[N+]=NCCC=Cc1cc(F)ccc1F. The largest absolute Gasteiger partial charge is 0.207 e. The van der Waals surface area contributed by atoms with Crippen molar-refractivity contribution in [1.82, 2.24) is 0 Å². The van der Waals surface area contributed by atoms with Gasteiger partial charge in [0.2, 0.25) is 0 Å². The van der Waals surface area contributed by atoms with Crippen LogP contribution in [0.2, 0.25) is 0 Å². The minimum Gasteiger partial charge on any atom is -0.207 e. The van der Waals surface area contributed by atoms with Crippen molar-refractivity contribution in [2.75, 3.05) is 6.54 Å². The number of azide groups is 1. The van der Waals surface area contributed by atoms with Gasteiger partial charge in [-0.15, -0.1) is 0 Å². The minimum atomic E-state index is -0.480. The number of halogens is 2. The zero-order valence-electron chi connectivity index (χ0n) is 7.90. The quantitative estimate of drug-likeness (QED) is 0.314. The molecule has 0 bridgehead atoms. The van der Waals surface area contributed by atoms with Gasteiger partial charge in [-0.05, 0) is 30.2 Å². The second-order valence-electron chi connectivity index (χ2n) is 2.81. The van der Waals surface area contributed by atoms with Crippen LogP contribution in [0.1, 0.15) is 12.0 Å². The highest BCUT2D eigenvalue weighted by atomic mass is 19.1. The lowest BCUT2D eigenvalue weighted by Crippen LogP contribution is -1.84. The van der Waals surface area contributed by atoms with Crippen molar-refractivity contribution in [3.05, 3.63) is 51.9 Å². The summed E-state index contributed by atoms with van der Waals surface area (Å²) in [5.41, 5.74) is 8.18. The van der Waals surface area contributed by atoms with Crippen LogP contribution < -0.4 is 0 Å². The summed E-state index contributed by atoms with van der Waals surface area (Å²) >= 11 is 0. The Morgan fingerprint density at radius 3 is 2.93 bits per heavy atom. The zero-order valence-corrected chi connectivity index (χ0v) is 7.90. The first-order valence-corrected chi connectivity index (χ1v) is 4.36. The second-order valence-corrected chi connectivity index (χ2v) is 2.81. The summed E-state index contributed by atoms with van der Waals surface area (Å²) in [6.07, 6.45) is 3.60. The lowest BCUT2D eigenvalue weighted by Gasteiger charge is -1.96. The minimum absolute atomic E-state index is 0.191. The van der Waals surface area contributed by atoms with Crippen molar-refractivity contribution in [3.8, 4) is 0 Å². The molecule has 0 unspecified atom stereocenters. The van der Waals surface area contributed by atoms with Crippen LogP contribution in [-0.4, -0.2) is 6.54 Å². The molecule has 0 amide bonds. The van der Waals surface area contributed by atoms with E-state index >= 15 is 0 Å². The van der Waals surface area contributed by atoms with Gasteiger partial charge in [-0.2, -0.15) is 0 Å². The standard InChI is InChI=1S/C10H9F2N3/c11-9-4-5-10(12)8(7-9)3-1-2-6-14-15-13/h1,3-5,7H,2,6H2. The molecule has 0 aromatic heterocycles. The fourth-order valence-corrected chi connectivity index (χ4v) is 1.03. The van der Waals surface area contributed by atoms with Gasteiger partial charge in [0.1, 0.15) is 11.6 Å². The van der Waals surface area contributed by atoms with Gasteiger partial charge >= 0.3 is 0 Å². The highest BCUT2D eigenvalue weighted by Crippen LogP contribution is 2.11. The second kappa shape index (κ2) is 5.78. The normalized spacial score (nSPS) is 10.3. The number of benzene rings is 1. The Morgan fingerprint density at radius 2 is 2.20 bits per heavy atom. The Bertz CT molecular complexity index is 409. The average molecular weight is 209 g/mol. The molecule has 0 heterocycles. The van der Waals surface area contributed by atoms with Gasteiger partial charge in [0.05, 0.1) is 0 Å². The van der Waals surface area contributed by atoms with E-state index in [4.69, 9.17) is 5.53 Å². The topological polar surface area (TPSA) is 48.8 Å². The molecule has 0 fully saturated rings. The maximum Gasteiger partial charge on any atom is 0.130 e. The molecular weight excluding hydrogens is 200 g/mol. The van der Waals surface area contributed by atoms with Crippen molar-refractivity contribution >= 4 is 6.08 Å².